The van der Waals surface area contributed by atoms with Gasteiger partial charge < -0.3 is 34.6 Å². The van der Waals surface area contributed by atoms with Crippen molar-refractivity contribution in [2.24, 2.45) is 0 Å². The topological polar surface area (TPSA) is 186 Å². The average Bonchev–Trinajstić information content (AvgIpc) is 2.83. The quantitative estimate of drug-likeness (QED) is 0.339. The molecule has 2 aromatic rings. The molecule has 0 aliphatic rings. The van der Waals surface area contributed by atoms with E-state index in [2.05, 4.69) is 19.3 Å². The number of phosphoric acid groups is 1. The second-order valence-corrected chi connectivity index (χ2v) is 8.32. The summed E-state index contributed by atoms with van der Waals surface area (Å²) < 4.78 is 32.3. The number of rotatable bonds is 8. The van der Waals surface area contributed by atoms with Crippen LogP contribution in [-0.2, 0) is 24.7 Å². The Morgan fingerprint density at radius 3 is 2.56 bits per heavy atom. The fraction of sp³-hybridized carbons (Fsp3) is 0.500. The van der Waals surface area contributed by atoms with E-state index in [1.165, 1.54) is 6.33 Å². The highest BCUT2D eigenvalue weighted by molar-refractivity contribution is 7.63. The zero-order valence-electron chi connectivity index (χ0n) is 13.4. The van der Waals surface area contributed by atoms with Crippen LogP contribution < -0.4 is 10.6 Å². The SMILES string of the molecule is CN(C)c1nc(N)nc2c1ncn2CCOCP(=O)(O)OP(=O)(O)O. The van der Waals surface area contributed by atoms with Crippen LogP contribution in [-0.4, -0.2) is 61.2 Å². The highest BCUT2D eigenvalue weighted by atomic mass is 31.3. The van der Waals surface area contributed by atoms with Crippen LogP contribution in [0.4, 0.5) is 11.8 Å². The minimum absolute atomic E-state index is 0.0538. The Kier molecular flexibility index (Phi) is 5.79. The molecule has 1 unspecified atom stereocenters. The van der Waals surface area contributed by atoms with Crippen molar-refractivity contribution in [1.29, 1.82) is 0 Å². The number of imidazole rings is 1. The van der Waals surface area contributed by atoms with E-state index in [1.807, 2.05) is 0 Å². The van der Waals surface area contributed by atoms with Crippen LogP contribution in [0.15, 0.2) is 6.33 Å². The molecule has 0 spiro atoms. The van der Waals surface area contributed by atoms with Crippen LogP contribution in [0.5, 0.6) is 0 Å². The van der Waals surface area contributed by atoms with Crippen LogP contribution in [0, 0.1) is 0 Å². The summed E-state index contributed by atoms with van der Waals surface area (Å²) in [4.78, 5) is 40.5. The Balaban J connectivity index is 2.03. The molecule has 1 atom stereocenters. The number of anilines is 2. The highest BCUT2D eigenvalue weighted by Gasteiger charge is 2.30. The Morgan fingerprint density at radius 1 is 1.28 bits per heavy atom. The maximum Gasteiger partial charge on any atom is 0.476 e. The number of nitrogens with two attached hydrogens (primary N) is 1. The second-order valence-electron chi connectivity index (χ2n) is 5.16. The van der Waals surface area contributed by atoms with Crippen molar-refractivity contribution in [1.82, 2.24) is 19.5 Å². The largest absolute Gasteiger partial charge is 0.476 e. The molecule has 0 fully saturated rings. The molecule has 5 N–H and O–H groups in total. The van der Waals surface area contributed by atoms with Crippen molar-refractivity contribution in [3.63, 3.8) is 0 Å². The lowest BCUT2D eigenvalue weighted by Gasteiger charge is -2.13. The number of fused-ring (bicyclic) bond motifs is 1. The molecule has 140 valence electrons. The van der Waals surface area contributed by atoms with Crippen molar-refractivity contribution in [2.75, 3.05) is 37.7 Å². The second kappa shape index (κ2) is 7.34. The van der Waals surface area contributed by atoms with Gasteiger partial charge in [0.15, 0.2) is 17.0 Å². The van der Waals surface area contributed by atoms with Crippen LogP contribution in [0.1, 0.15) is 0 Å². The Bertz CT molecular complexity index is 850. The molecule has 0 aromatic carbocycles. The van der Waals surface area contributed by atoms with E-state index in [1.54, 1.807) is 23.6 Å². The molecule has 0 bridgehead atoms. The molecule has 2 aromatic heterocycles. The molecule has 0 saturated heterocycles. The lowest BCUT2D eigenvalue weighted by Crippen LogP contribution is -2.14. The molecular formula is C10H18N6O7P2. The van der Waals surface area contributed by atoms with Gasteiger partial charge in [-0.3, -0.25) is 4.57 Å². The first-order valence-electron chi connectivity index (χ1n) is 6.80. The maximum atomic E-state index is 11.4. The van der Waals surface area contributed by atoms with Gasteiger partial charge in [-0.25, -0.2) is 13.9 Å². The van der Waals surface area contributed by atoms with Gasteiger partial charge in [-0.15, -0.1) is 0 Å². The van der Waals surface area contributed by atoms with E-state index in [0.717, 1.165) is 0 Å². The smallest absolute Gasteiger partial charge is 0.368 e. The first kappa shape index (κ1) is 19.7. The van der Waals surface area contributed by atoms with E-state index in [0.29, 0.717) is 17.0 Å². The van der Waals surface area contributed by atoms with Gasteiger partial charge in [-0.05, 0) is 0 Å². The zero-order valence-corrected chi connectivity index (χ0v) is 15.2. The summed E-state index contributed by atoms with van der Waals surface area (Å²) in [5.74, 6) is 0.603. The van der Waals surface area contributed by atoms with Gasteiger partial charge in [0.1, 0.15) is 6.35 Å². The summed E-state index contributed by atoms with van der Waals surface area (Å²) in [6.45, 7) is 0.150. The van der Waals surface area contributed by atoms with Gasteiger partial charge in [0, 0.05) is 20.6 Å². The first-order chi connectivity index (χ1) is 11.5. The average molecular weight is 396 g/mol. The van der Waals surface area contributed by atoms with Crippen LogP contribution in [0.2, 0.25) is 0 Å². The lowest BCUT2D eigenvalue weighted by molar-refractivity contribution is 0.146. The predicted molar refractivity (Wildman–Crippen MR) is 87.8 cm³/mol. The predicted octanol–water partition coefficient (Wildman–Crippen LogP) is -0.257. The molecule has 2 heterocycles. The Morgan fingerprint density at radius 2 is 1.96 bits per heavy atom. The third-order valence-electron chi connectivity index (χ3n) is 2.85. The Labute approximate surface area is 142 Å². The molecule has 0 aliphatic carbocycles. The number of nitrogens with zero attached hydrogens (tertiary/aromatic N) is 5. The maximum absolute atomic E-state index is 11.4. The fourth-order valence-electron chi connectivity index (χ4n) is 1.95. The molecular weight excluding hydrogens is 378 g/mol. The van der Waals surface area contributed by atoms with Crippen molar-refractivity contribution in [3.05, 3.63) is 6.33 Å². The van der Waals surface area contributed by atoms with E-state index < -0.39 is 21.8 Å². The summed E-state index contributed by atoms with van der Waals surface area (Å²) in [5.41, 5.74) is 6.66. The minimum atomic E-state index is -5.08. The standard InChI is InChI=1S/C10H18N6O7P2/c1-15(2)8-7-9(14-10(11)13-8)16(5-12-7)3-4-22-6-24(17,18)23-25(19,20)21/h5H,3-4,6H2,1-2H3,(H,17,18)(H2,11,13,14)(H2,19,20,21). The van der Waals surface area contributed by atoms with E-state index >= 15 is 0 Å². The Hall–Kier alpha value is -1.59. The van der Waals surface area contributed by atoms with Crippen molar-refractivity contribution < 1.29 is 32.9 Å². The van der Waals surface area contributed by atoms with Gasteiger partial charge in [0.05, 0.1) is 12.9 Å². The number of aromatic nitrogens is 4. The first-order valence-corrected chi connectivity index (χ1v) is 10.1. The summed E-state index contributed by atoms with van der Waals surface area (Å²) >= 11 is 0. The molecule has 0 radical (unpaired) electrons. The molecule has 13 nitrogen and oxygen atoms in total. The van der Waals surface area contributed by atoms with Gasteiger partial charge in [-0.1, -0.05) is 0 Å². The third kappa shape index (κ3) is 5.44. The third-order valence-corrected chi connectivity index (χ3v) is 5.23. The molecule has 2 rings (SSSR count). The highest BCUT2D eigenvalue weighted by Crippen LogP contribution is 2.56. The van der Waals surface area contributed by atoms with E-state index in [9.17, 15) is 14.0 Å². The van der Waals surface area contributed by atoms with Gasteiger partial charge in [-0.2, -0.15) is 9.97 Å². The fourth-order valence-corrected chi connectivity index (χ4v) is 3.83. The van der Waals surface area contributed by atoms with E-state index in [-0.39, 0.29) is 19.1 Å². The molecule has 0 aliphatic heterocycles. The van der Waals surface area contributed by atoms with Crippen molar-refractivity contribution >= 4 is 38.3 Å². The van der Waals surface area contributed by atoms with Crippen LogP contribution >= 0.6 is 15.4 Å². The van der Waals surface area contributed by atoms with Crippen LogP contribution in [0.25, 0.3) is 11.2 Å². The number of ether oxygens (including phenoxy) is 1. The zero-order chi connectivity index (χ0) is 18.8. The van der Waals surface area contributed by atoms with Crippen molar-refractivity contribution in [2.45, 2.75) is 6.54 Å². The molecule has 0 saturated carbocycles. The van der Waals surface area contributed by atoms with Crippen LogP contribution in [0.3, 0.4) is 0 Å². The van der Waals surface area contributed by atoms with Gasteiger partial charge in [0.2, 0.25) is 5.95 Å². The van der Waals surface area contributed by atoms with Gasteiger partial charge in [0.25, 0.3) is 0 Å². The molecule has 0 amide bonds. The molecule has 25 heavy (non-hydrogen) atoms. The summed E-state index contributed by atoms with van der Waals surface area (Å²) in [5, 5.41) is 0. The normalized spacial score (nSPS) is 14.6. The summed E-state index contributed by atoms with van der Waals surface area (Å²) in [6.07, 6.45) is 0.616. The van der Waals surface area contributed by atoms with E-state index in [4.69, 9.17) is 20.3 Å². The van der Waals surface area contributed by atoms with Crippen molar-refractivity contribution in [3.8, 4) is 0 Å². The number of hydrogen-bond donors (Lipinski definition) is 4. The number of nitrogen functional groups attached to an aromatic ring is 1. The monoisotopic (exact) mass is 396 g/mol. The minimum Gasteiger partial charge on any atom is -0.368 e. The van der Waals surface area contributed by atoms with Gasteiger partial charge >= 0.3 is 15.4 Å². The molecule has 15 heteroatoms. The number of hydrogen-bond acceptors (Lipinski definition) is 9. The summed E-state index contributed by atoms with van der Waals surface area (Å²) in [7, 11) is -6.08. The lowest BCUT2D eigenvalue weighted by atomic mass is 10.4. The summed E-state index contributed by atoms with van der Waals surface area (Å²) in [6, 6.07) is 0.